The minimum absolute atomic E-state index is 0.0686. The maximum Gasteiger partial charge on any atom is 0.338 e. The third kappa shape index (κ3) is 4.77. The Morgan fingerprint density at radius 1 is 1.00 bits per heavy atom. The highest BCUT2D eigenvalue weighted by molar-refractivity contribution is 5.89. The van der Waals surface area contributed by atoms with Gasteiger partial charge in [-0.05, 0) is 94.6 Å². The normalized spacial score (nSPS) is 50.2. The highest BCUT2D eigenvalue weighted by Crippen LogP contribution is 2.72. The molecule has 6 rings (SSSR count). The summed E-state index contributed by atoms with van der Waals surface area (Å²) in [6.45, 7) is 7.17. The Morgan fingerprint density at radius 3 is 2.38 bits per heavy atom. The average Bonchev–Trinajstić information content (AvgIpc) is 3.25. The molecule has 1 aromatic rings. The van der Waals surface area contributed by atoms with E-state index in [4.69, 9.17) is 18.9 Å². The van der Waals surface area contributed by atoms with E-state index in [1.54, 1.807) is 38.3 Å². The molecule has 0 radical (unpaired) electrons. The molecule has 14 atom stereocenters. The summed E-state index contributed by atoms with van der Waals surface area (Å²) in [5.74, 6) is -0.821. The van der Waals surface area contributed by atoms with Crippen molar-refractivity contribution in [3.05, 3.63) is 35.9 Å². The summed E-state index contributed by atoms with van der Waals surface area (Å²) in [4.78, 5) is 13.5. The molecule has 5 N–H and O–H groups in total. The molecule has 10 nitrogen and oxygen atoms in total. The van der Waals surface area contributed by atoms with Crippen LogP contribution in [0.1, 0.15) is 95.8 Å². The minimum Gasteiger partial charge on any atom is -0.458 e. The van der Waals surface area contributed by atoms with E-state index in [9.17, 15) is 30.3 Å². The molecule has 1 aromatic carbocycles. The molecule has 0 aromatic heterocycles. The van der Waals surface area contributed by atoms with Gasteiger partial charge in [0.05, 0.1) is 41.0 Å². The lowest BCUT2D eigenvalue weighted by molar-refractivity contribution is -0.342. The quantitative estimate of drug-likeness (QED) is 0.233. The number of carbonyl (C=O) groups excluding carboxylic acids is 1. The number of aliphatic hydroxyl groups is 5. The summed E-state index contributed by atoms with van der Waals surface area (Å²) in [5.41, 5.74) is -6.71. The Morgan fingerprint density at radius 2 is 1.71 bits per heavy atom. The first-order valence-electron chi connectivity index (χ1n) is 16.8. The molecular weight excluding hydrogens is 580 g/mol. The van der Waals surface area contributed by atoms with E-state index < -0.39 is 70.2 Å². The number of hydrogen-bond acceptors (Lipinski definition) is 10. The SMILES string of the molecule is COC1CC(OC2CCC3(C)C(CCC4(O)C3CC(OC(=O)c3ccccc3)C3(C)C(O)(C(C)O)CCC43O)C2)OC(C)C1O. The van der Waals surface area contributed by atoms with Gasteiger partial charge < -0.3 is 44.5 Å². The van der Waals surface area contributed by atoms with Gasteiger partial charge in [0.2, 0.25) is 0 Å². The van der Waals surface area contributed by atoms with Crippen LogP contribution in [-0.2, 0) is 18.9 Å². The predicted molar refractivity (Wildman–Crippen MR) is 163 cm³/mol. The maximum absolute atomic E-state index is 13.5. The predicted octanol–water partition coefficient (Wildman–Crippen LogP) is 3.10. The fourth-order valence-electron chi connectivity index (χ4n) is 10.5. The molecule has 4 saturated carbocycles. The van der Waals surface area contributed by atoms with Crippen LogP contribution in [0, 0.1) is 22.7 Å². The lowest BCUT2D eigenvalue weighted by Gasteiger charge is -2.69. The highest BCUT2D eigenvalue weighted by atomic mass is 16.7. The molecule has 1 saturated heterocycles. The minimum atomic E-state index is -1.81. The van der Waals surface area contributed by atoms with Crippen LogP contribution in [0.3, 0.4) is 0 Å². The zero-order valence-corrected chi connectivity index (χ0v) is 27.2. The molecule has 0 amide bonds. The number of benzene rings is 1. The van der Waals surface area contributed by atoms with Crippen LogP contribution in [0.2, 0.25) is 0 Å². The Bertz CT molecular complexity index is 1240. The summed E-state index contributed by atoms with van der Waals surface area (Å²) in [7, 11) is 1.58. The molecule has 10 heteroatoms. The first-order valence-corrected chi connectivity index (χ1v) is 16.8. The topological polar surface area (TPSA) is 155 Å². The van der Waals surface area contributed by atoms with Gasteiger partial charge in [-0.3, -0.25) is 0 Å². The van der Waals surface area contributed by atoms with E-state index in [1.807, 2.05) is 13.0 Å². The van der Waals surface area contributed by atoms with Crippen LogP contribution in [0.4, 0.5) is 0 Å². The first kappa shape index (κ1) is 33.3. The summed E-state index contributed by atoms with van der Waals surface area (Å²) >= 11 is 0. The number of aliphatic hydroxyl groups excluding tert-OH is 2. The lowest BCUT2D eigenvalue weighted by Crippen LogP contribution is -2.79. The molecule has 252 valence electrons. The second-order valence-electron chi connectivity index (χ2n) is 15.2. The van der Waals surface area contributed by atoms with Gasteiger partial charge in [0, 0.05) is 13.5 Å². The Hall–Kier alpha value is -1.63. The molecule has 0 bridgehead atoms. The fraction of sp³-hybridized carbons (Fsp3) is 0.800. The molecule has 0 spiro atoms. The van der Waals surface area contributed by atoms with E-state index in [0.29, 0.717) is 24.8 Å². The van der Waals surface area contributed by atoms with Crippen LogP contribution in [-0.4, -0.2) is 98.3 Å². The van der Waals surface area contributed by atoms with Crippen LogP contribution in [0.25, 0.3) is 0 Å². The number of hydrogen-bond donors (Lipinski definition) is 5. The highest BCUT2D eigenvalue weighted by Gasteiger charge is 2.81. The monoisotopic (exact) mass is 632 g/mol. The molecule has 5 fully saturated rings. The van der Waals surface area contributed by atoms with Gasteiger partial charge in [0.1, 0.15) is 23.4 Å². The van der Waals surface area contributed by atoms with Crippen molar-refractivity contribution >= 4 is 5.97 Å². The fourth-order valence-corrected chi connectivity index (χ4v) is 10.5. The van der Waals surface area contributed by atoms with Crippen molar-refractivity contribution in [2.24, 2.45) is 22.7 Å². The number of carbonyl (C=O) groups is 1. The smallest absolute Gasteiger partial charge is 0.338 e. The largest absolute Gasteiger partial charge is 0.458 e. The number of esters is 1. The second-order valence-corrected chi connectivity index (χ2v) is 15.2. The zero-order valence-electron chi connectivity index (χ0n) is 27.2. The van der Waals surface area contributed by atoms with Crippen molar-refractivity contribution in [3.63, 3.8) is 0 Å². The van der Waals surface area contributed by atoms with Gasteiger partial charge in [-0.25, -0.2) is 4.79 Å². The van der Waals surface area contributed by atoms with Crippen LogP contribution in [0.15, 0.2) is 30.3 Å². The van der Waals surface area contributed by atoms with Crippen LogP contribution >= 0.6 is 0 Å². The number of ether oxygens (including phenoxy) is 4. The summed E-state index contributed by atoms with van der Waals surface area (Å²) in [6, 6.07) is 8.64. The van der Waals surface area contributed by atoms with Gasteiger partial charge in [-0.1, -0.05) is 32.0 Å². The standard InChI is InChI=1S/C35H52O10/c1-20-29(37)25(42-5)18-28(43-20)44-24-12-13-31(3)23(17-24)11-14-34(40)26(31)19-27(45-30(38)22-9-7-6-8-10-22)32(4)33(39,21(2)36)15-16-35(32,34)41/h6-10,20-21,23-29,36-37,39-41H,11-19H2,1-5H3. The van der Waals surface area contributed by atoms with Crippen molar-refractivity contribution in [3.8, 4) is 0 Å². The van der Waals surface area contributed by atoms with Crippen molar-refractivity contribution in [1.29, 1.82) is 0 Å². The van der Waals surface area contributed by atoms with Crippen molar-refractivity contribution in [2.75, 3.05) is 7.11 Å². The van der Waals surface area contributed by atoms with Crippen LogP contribution < -0.4 is 0 Å². The molecule has 14 unspecified atom stereocenters. The van der Waals surface area contributed by atoms with Gasteiger partial charge in [-0.15, -0.1) is 0 Å². The van der Waals surface area contributed by atoms with Gasteiger partial charge in [0.25, 0.3) is 0 Å². The molecule has 1 heterocycles. The first-order chi connectivity index (χ1) is 21.1. The van der Waals surface area contributed by atoms with Gasteiger partial charge in [0.15, 0.2) is 6.29 Å². The van der Waals surface area contributed by atoms with E-state index in [1.165, 1.54) is 6.92 Å². The average molecular weight is 633 g/mol. The Balaban J connectivity index is 1.29. The van der Waals surface area contributed by atoms with E-state index in [2.05, 4.69) is 6.92 Å². The zero-order chi connectivity index (χ0) is 32.6. The number of rotatable bonds is 6. The van der Waals surface area contributed by atoms with E-state index in [-0.39, 0.29) is 37.4 Å². The van der Waals surface area contributed by atoms with E-state index in [0.717, 1.165) is 19.3 Å². The maximum atomic E-state index is 13.5. The summed E-state index contributed by atoms with van der Waals surface area (Å²) in [5, 5.41) is 58.8. The summed E-state index contributed by atoms with van der Waals surface area (Å²) < 4.78 is 24.2. The molecule has 5 aliphatic rings. The third-order valence-corrected chi connectivity index (χ3v) is 13.4. The van der Waals surface area contributed by atoms with Crippen molar-refractivity contribution < 1.29 is 49.3 Å². The Kier molecular flexibility index (Phi) is 8.51. The molecular formula is C35H52O10. The van der Waals surface area contributed by atoms with Crippen molar-refractivity contribution in [1.82, 2.24) is 0 Å². The van der Waals surface area contributed by atoms with Gasteiger partial charge >= 0.3 is 5.97 Å². The lowest BCUT2D eigenvalue weighted by atomic mass is 9.40. The number of methoxy groups -OCH3 is 1. The second kappa shape index (κ2) is 11.5. The number of fused-ring (bicyclic) bond motifs is 5. The Labute approximate surface area is 266 Å². The molecule has 45 heavy (non-hydrogen) atoms. The van der Waals surface area contributed by atoms with Gasteiger partial charge in [-0.2, -0.15) is 0 Å². The van der Waals surface area contributed by atoms with Crippen LogP contribution in [0.5, 0.6) is 0 Å². The third-order valence-electron chi connectivity index (χ3n) is 13.4. The molecule has 1 aliphatic heterocycles. The van der Waals surface area contributed by atoms with Crippen molar-refractivity contribution in [2.45, 2.75) is 145 Å². The molecule has 4 aliphatic carbocycles. The van der Waals surface area contributed by atoms with E-state index >= 15 is 0 Å². The summed E-state index contributed by atoms with van der Waals surface area (Å²) in [6.07, 6.45) is -0.231.